The molecular formula is C20H21ClN2O2. The number of aromatic hydroxyl groups is 1. The van der Waals surface area contributed by atoms with Crippen LogP contribution in [0.4, 0.5) is 0 Å². The minimum Gasteiger partial charge on any atom is -0.504 e. The summed E-state index contributed by atoms with van der Waals surface area (Å²) < 4.78 is 7.73. The Hall–Kier alpha value is -2.43. The maximum Gasteiger partial charge on any atom is 0.162 e. The van der Waals surface area contributed by atoms with Gasteiger partial charge in [0.25, 0.3) is 0 Å². The molecule has 0 aliphatic carbocycles. The van der Waals surface area contributed by atoms with Crippen LogP contribution < -0.4 is 10.1 Å². The fourth-order valence-electron chi connectivity index (χ4n) is 3.37. The van der Waals surface area contributed by atoms with E-state index in [1.54, 1.807) is 6.07 Å². The zero-order valence-corrected chi connectivity index (χ0v) is 14.8. The van der Waals surface area contributed by atoms with Gasteiger partial charge in [0.2, 0.25) is 0 Å². The Bertz CT molecular complexity index is 876. The molecule has 0 fully saturated rings. The maximum atomic E-state index is 10.7. The second-order valence-electron chi connectivity index (χ2n) is 5.87. The normalized spacial score (nSPS) is 15.5. The highest BCUT2D eigenvalue weighted by Crippen LogP contribution is 2.38. The second kappa shape index (κ2) is 7.21. The Morgan fingerprint density at radius 3 is 2.80 bits per heavy atom. The molecule has 1 aromatic heterocycles. The van der Waals surface area contributed by atoms with Crippen LogP contribution in [0, 0.1) is 0 Å². The Balaban J connectivity index is 0.00000182. The zero-order chi connectivity index (χ0) is 16.5. The van der Waals surface area contributed by atoms with Crippen LogP contribution in [0.1, 0.15) is 29.8 Å². The molecule has 2 aromatic carbocycles. The zero-order valence-electron chi connectivity index (χ0n) is 14.0. The molecule has 0 saturated heterocycles. The summed E-state index contributed by atoms with van der Waals surface area (Å²) in [6.45, 7) is 3.18. The van der Waals surface area contributed by atoms with Crippen LogP contribution in [-0.4, -0.2) is 16.3 Å². The van der Waals surface area contributed by atoms with Crippen LogP contribution in [0.3, 0.4) is 0 Å². The number of phenols is 1. The highest BCUT2D eigenvalue weighted by Gasteiger charge is 2.25. The first-order chi connectivity index (χ1) is 11.8. The number of nitrogens with one attached hydrogen (secondary N) is 1. The molecule has 0 spiro atoms. The monoisotopic (exact) mass is 356 g/mol. The first-order valence-electron chi connectivity index (χ1n) is 8.23. The number of ether oxygens (including phenoxy) is 1. The van der Waals surface area contributed by atoms with Gasteiger partial charge in [0.15, 0.2) is 11.5 Å². The van der Waals surface area contributed by atoms with Gasteiger partial charge in [-0.25, -0.2) is 0 Å². The molecule has 0 amide bonds. The number of para-hydroxylation sites is 2. The smallest absolute Gasteiger partial charge is 0.162 e. The molecule has 25 heavy (non-hydrogen) atoms. The quantitative estimate of drug-likeness (QED) is 0.739. The molecule has 4 rings (SSSR count). The molecule has 5 heteroatoms. The molecule has 4 nitrogen and oxygen atoms in total. The number of aromatic nitrogens is 1. The number of halogens is 1. The number of nitrogens with zero attached hydrogens (tertiary/aromatic N) is 1. The number of phenolic OH excluding ortho intramolecular Hbond substituents is 1. The molecule has 1 atom stereocenters. The van der Waals surface area contributed by atoms with Gasteiger partial charge in [0.1, 0.15) is 0 Å². The SMILES string of the molecule is CCOc1cccc(C2NCc3ccccc3-n3cccc32)c1O.Cl. The van der Waals surface area contributed by atoms with Crippen molar-refractivity contribution in [3.63, 3.8) is 0 Å². The molecule has 1 unspecified atom stereocenters. The van der Waals surface area contributed by atoms with E-state index in [1.807, 2.05) is 25.1 Å². The Kier molecular flexibility index (Phi) is 5.02. The summed E-state index contributed by atoms with van der Waals surface area (Å²) in [5, 5.41) is 14.2. The first-order valence-corrected chi connectivity index (χ1v) is 8.23. The number of rotatable bonds is 3. The lowest BCUT2D eigenvalue weighted by Gasteiger charge is -2.20. The minimum atomic E-state index is -0.104. The Labute approximate surface area is 153 Å². The third kappa shape index (κ3) is 2.99. The summed E-state index contributed by atoms with van der Waals surface area (Å²) in [5.74, 6) is 0.729. The summed E-state index contributed by atoms with van der Waals surface area (Å²) in [6, 6.07) is 18.1. The predicted molar refractivity (Wildman–Crippen MR) is 101 cm³/mol. The summed E-state index contributed by atoms with van der Waals surface area (Å²) in [4.78, 5) is 0. The van der Waals surface area contributed by atoms with Crippen molar-refractivity contribution in [3.05, 3.63) is 77.6 Å². The molecule has 2 N–H and O–H groups in total. The summed E-state index contributed by atoms with van der Waals surface area (Å²) in [5.41, 5.74) is 4.34. The van der Waals surface area contributed by atoms with E-state index in [2.05, 4.69) is 46.4 Å². The van der Waals surface area contributed by atoms with Crippen molar-refractivity contribution in [3.8, 4) is 17.2 Å². The van der Waals surface area contributed by atoms with Crippen molar-refractivity contribution < 1.29 is 9.84 Å². The third-order valence-corrected chi connectivity index (χ3v) is 4.46. The van der Waals surface area contributed by atoms with Crippen LogP contribution in [0.25, 0.3) is 5.69 Å². The molecule has 130 valence electrons. The average molecular weight is 357 g/mol. The van der Waals surface area contributed by atoms with Crippen molar-refractivity contribution in [1.82, 2.24) is 9.88 Å². The molecule has 0 saturated carbocycles. The van der Waals surface area contributed by atoms with E-state index in [-0.39, 0.29) is 24.2 Å². The first kappa shape index (κ1) is 17.4. The molecule has 0 bridgehead atoms. The molecule has 2 heterocycles. The fraction of sp³-hybridized carbons (Fsp3) is 0.200. The summed E-state index contributed by atoms with van der Waals surface area (Å²) >= 11 is 0. The van der Waals surface area contributed by atoms with Gasteiger partial charge in [-0.15, -0.1) is 12.4 Å². The lowest BCUT2D eigenvalue weighted by Crippen LogP contribution is -2.21. The number of hydrogen-bond acceptors (Lipinski definition) is 3. The Morgan fingerprint density at radius 1 is 1.12 bits per heavy atom. The third-order valence-electron chi connectivity index (χ3n) is 4.46. The van der Waals surface area contributed by atoms with Gasteiger partial charge in [-0.05, 0) is 36.8 Å². The molecule has 3 aromatic rings. The van der Waals surface area contributed by atoms with E-state index in [0.717, 1.165) is 17.8 Å². The van der Waals surface area contributed by atoms with Gasteiger partial charge in [-0.2, -0.15) is 0 Å². The van der Waals surface area contributed by atoms with Crippen LogP contribution in [0.15, 0.2) is 60.8 Å². The van der Waals surface area contributed by atoms with Crippen LogP contribution in [0.5, 0.6) is 11.5 Å². The van der Waals surface area contributed by atoms with Gasteiger partial charge in [-0.1, -0.05) is 30.3 Å². The highest BCUT2D eigenvalue weighted by atomic mass is 35.5. The lowest BCUT2D eigenvalue weighted by molar-refractivity contribution is 0.315. The molecule has 0 radical (unpaired) electrons. The topological polar surface area (TPSA) is 46.4 Å². The van der Waals surface area contributed by atoms with Crippen LogP contribution in [-0.2, 0) is 6.54 Å². The highest BCUT2D eigenvalue weighted by molar-refractivity contribution is 5.85. The maximum absolute atomic E-state index is 10.7. The van der Waals surface area contributed by atoms with Gasteiger partial charge >= 0.3 is 0 Å². The van der Waals surface area contributed by atoms with Gasteiger partial charge < -0.3 is 19.7 Å². The standard InChI is InChI=1S/C20H20N2O2.ClH/c1-2-24-18-11-5-8-15(20(18)23)19-17-10-6-12-22(17)16-9-4-3-7-14(16)13-21-19;/h3-12,19,21,23H,2,13H2,1H3;1H. The number of hydrogen-bond donors (Lipinski definition) is 2. The molecule has 1 aliphatic rings. The number of benzene rings is 2. The largest absolute Gasteiger partial charge is 0.504 e. The summed E-state index contributed by atoms with van der Waals surface area (Å²) in [7, 11) is 0. The van der Waals surface area contributed by atoms with Crippen molar-refractivity contribution in [2.75, 3.05) is 6.61 Å². The van der Waals surface area contributed by atoms with Crippen molar-refractivity contribution in [2.45, 2.75) is 19.5 Å². The van der Waals surface area contributed by atoms with Gasteiger partial charge in [0.05, 0.1) is 12.6 Å². The van der Waals surface area contributed by atoms with E-state index in [0.29, 0.717) is 12.4 Å². The predicted octanol–water partition coefficient (Wildman–Crippen LogP) is 4.20. The molecular weight excluding hydrogens is 336 g/mol. The van der Waals surface area contributed by atoms with Crippen LogP contribution >= 0.6 is 12.4 Å². The van der Waals surface area contributed by atoms with Crippen molar-refractivity contribution in [2.24, 2.45) is 0 Å². The van der Waals surface area contributed by atoms with E-state index in [1.165, 1.54) is 11.3 Å². The van der Waals surface area contributed by atoms with E-state index in [4.69, 9.17) is 4.74 Å². The lowest BCUT2D eigenvalue weighted by atomic mass is 10.0. The number of fused-ring (bicyclic) bond motifs is 3. The average Bonchev–Trinajstić information content (AvgIpc) is 3.02. The summed E-state index contributed by atoms with van der Waals surface area (Å²) in [6.07, 6.45) is 2.07. The van der Waals surface area contributed by atoms with E-state index in [9.17, 15) is 5.11 Å². The Morgan fingerprint density at radius 2 is 1.96 bits per heavy atom. The van der Waals surface area contributed by atoms with Crippen LogP contribution in [0.2, 0.25) is 0 Å². The van der Waals surface area contributed by atoms with E-state index >= 15 is 0 Å². The van der Waals surface area contributed by atoms with Gasteiger partial charge in [0, 0.05) is 29.7 Å². The molecule has 1 aliphatic heterocycles. The fourth-order valence-corrected chi connectivity index (χ4v) is 3.37. The van der Waals surface area contributed by atoms with E-state index < -0.39 is 0 Å². The van der Waals surface area contributed by atoms with Gasteiger partial charge in [-0.3, -0.25) is 0 Å². The minimum absolute atomic E-state index is 0. The van der Waals surface area contributed by atoms with Crippen molar-refractivity contribution in [1.29, 1.82) is 0 Å². The van der Waals surface area contributed by atoms with Crippen molar-refractivity contribution >= 4 is 12.4 Å². The second-order valence-corrected chi connectivity index (χ2v) is 5.87.